The van der Waals surface area contributed by atoms with Gasteiger partial charge in [-0.25, -0.2) is 13.2 Å². The van der Waals surface area contributed by atoms with Crippen molar-refractivity contribution in [3.63, 3.8) is 0 Å². The highest BCUT2D eigenvalue weighted by molar-refractivity contribution is 5.32. The Labute approximate surface area is 95.8 Å². The standard InChI is InChI=1S/C12H10F3NO/c1-6-2-3-17-12(6)11(16)7-4-9(14)10(15)5-8(7)13/h2-5,11H,16H2,1H3. The third-order valence-electron chi connectivity index (χ3n) is 2.56. The van der Waals surface area contributed by atoms with Crippen LogP contribution >= 0.6 is 0 Å². The van der Waals surface area contributed by atoms with Gasteiger partial charge in [-0.05, 0) is 24.6 Å². The van der Waals surface area contributed by atoms with Gasteiger partial charge in [0.15, 0.2) is 11.6 Å². The summed E-state index contributed by atoms with van der Waals surface area (Å²) in [6.45, 7) is 1.73. The molecule has 0 amide bonds. The second-order valence-electron chi connectivity index (χ2n) is 3.73. The predicted molar refractivity (Wildman–Crippen MR) is 55.8 cm³/mol. The Balaban J connectivity index is 2.48. The van der Waals surface area contributed by atoms with Gasteiger partial charge in [0, 0.05) is 11.6 Å². The van der Waals surface area contributed by atoms with Crippen molar-refractivity contribution in [3.05, 3.63) is 58.8 Å². The lowest BCUT2D eigenvalue weighted by atomic mass is 10.0. The Morgan fingerprint density at radius 3 is 2.35 bits per heavy atom. The molecule has 1 aromatic heterocycles. The van der Waals surface area contributed by atoms with E-state index in [1.54, 1.807) is 13.0 Å². The van der Waals surface area contributed by atoms with Crippen LogP contribution in [0.25, 0.3) is 0 Å². The average molecular weight is 241 g/mol. The fourth-order valence-corrected chi connectivity index (χ4v) is 1.62. The first kappa shape index (κ1) is 11.7. The van der Waals surface area contributed by atoms with E-state index in [2.05, 4.69) is 0 Å². The Morgan fingerprint density at radius 2 is 1.76 bits per heavy atom. The minimum absolute atomic E-state index is 0.137. The van der Waals surface area contributed by atoms with Gasteiger partial charge in [-0.1, -0.05) is 0 Å². The molecule has 0 saturated heterocycles. The van der Waals surface area contributed by atoms with E-state index in [1.807, 2.05) is 0 Å². The first-order valence-electron chi connectivity index (χ1n) is 4.94. The maximum atomic E-state index is 13.5. The van der Waals surface area contributed by atoms with Crippen LogP contribution in [0.3, 0.4) is 0 Å². The molecule has 0 radical (unpaired) electrons. The molecule has 2 rings (SSSR count). The Hall–Kier alpha value is -1.75. The third-order valence-corrected chi connectivity index (χ3v) is 2.56. The number of benzene rings is 1. The molecule has 2 N–H and O–H groups in total. The van der Waals surface area contributed by atoms with Crippen LogP contribution < -0.4 is 5.73 Å². The number of nitrogens with two attached hydrogens (primary N) is 1. The Morgan fingerprint density at radius 1 is 1.12 bits per heavy atom. The summed E-state index contributed by atoms with van der Waals surface area (Å²) in [5.41, 5.74) is 6.35. The lowest BCUT2D eigenvalue weighted by molar-refractivity contribution is 0.463. The fourth-order valence-electron chi connectivity index (χ4n) is 1.62. The maximum Gasteiger partial charge on any atom is 0.161 e. The number of aryl methyl sites for hydroxylation is 1. The van der Waals surface area contributed by atoms with Crippen LogP contribution in [0.5, 0.6) is 0 Å². The molecule has 1 heterocycles. The molecule has 90 valence electrons. The highest BCUT2D eigenvalue weighted by Crippen LogP contribution is 2.26. The van der Waals surface area contributed by atoms with E-state index in [-0.39, 0.29) is 5.56 Å². The van der Waals surface area contributed by atoms with Gasteiger partial charge in [-0.2, -0.15) is 0 Å². The van der Waals surface area contributed by atoms with E-state index >= 15 is 0 Å². The molecule has 0 aliphatic rings. The van der Waals surface area contributed by atoms with Crippen molar-refractivity contribution in [3.8, 4) is 0 Å². The highest BCUT2D eigenvalue weighted by Gasteiger charge is 2.20. The van der Waals surface area contributed by atoms with Crippen molar-refractivity contribution in [1.29, 1.82) is 0 Å². The minimum atomic E-state index is -1.24. The number of hydrogen-bond acceptors (Lipinski definition) is 2. The quantitative estimate of drug-likeness (QED) is 0.821. The molecule has 0 fully saturated rings. The molecule has 2 aromatic rings. The van der Waals surface area contributed by atoms with E-state index in [1.165, 1.54) is 6.26 Å². The lowest BCUT2D eigenvalue weighted by Crippen LogP contribution is -2.14. The average Bonchev–Trinajstić information content (AvgIpc) is 2.69. The van der Waals surface area contributed by atoms with Crippen LogP contribution in [-0.4, -0.2) is 0 Å². The molecule has 1 aromatic carbocycles. The first-order valence-corrected chi connectivity index (χ1v) is 4.94. The number of furan rings is 1. The minimum Gasteiger partial charge on any atom is -0.467 e. The molecule has 0 aliphatic carbocycles. The van der Waals surface area contributed by atoms with Gasteiger partial charge in [0.1, 0.15) is 11.6 Å². The molecule has 1 atom stereocenters. The van der Waals surface area contributed by atoms with Crippen LogP contribution in [0.15, 0.2) is 28.9 Å². The van der Waals surface area contributed by atoms with E-state index in [9.17, 15) is 13.2 Å². The van der Waals surface area contributed by atoms with E-state index < -0.39 is 23.5 Å². The van der Waals surface area contributed by atoms with E-state index in [4.69, 9.17) is 10.2 Å². The summed E-state index contributed by atoms with van der Waals surface area (Å²) in [7, 11) is 0. The number of rotatable bonds is 2. The molecule has 0 aliphatic heterocycles. The normalized spacial score (nSPS) is 12.8. The van der Waals surface area contributed by atoms with Gasteiger partial charge >= 0.3 is 0 Å². The van der Waals surface area contributed by atoms with Gasteiger partial charge in [-0.15, -0.1) is 0 Å². The van der Waals surface area contributed by atoms with Crippen LogP contribution in [-0.2, 0) is 0 Å². The summed E-state index contributed by atoms with van der Waals surface area (Å²) < 4.78 is 44.4. The fraction of sp³-hybridized carbons (Fsp3) is 0.167. The summed E-state index contributed by atoms with van der Waals surface area (Å²) >= 11 is 0. The van der Waals surface area contributed by atoms with Crippen molar-refractivity contribution in [2.45, 2.75) is 13.0 Å². The van der Waals surface area contributed by atoms with Crippen molar-refractivity contribution in [1.82, 2.24) is 0 Å². The Bertz CT molecular complexity index is 551. The second kappa shape index (κ2) is 4.25. The highest BCUT2D eigenvalue weighted by atomic mass is 19.2. The van der Waals surface area contributed by atoms with Gasteiger partial charge in [0.05, 0.1) is 12.3 Å². The van der Waals surface area contributed by atoms with Gasteiger partial charge < -0.3 is 10.2 Å². The summed E-state index contributed by atoms with van der Waals surface area (Å²) in [4.78, 5) is 0. The molecule has 1 unspecified atom stereocenters. The largest absolute Gasteiger partial charge is 0.467 e. The SMILES string of the molecule is Cc1ccoc1C(N)c1cc(F)c(F)cc1F. The third kappa shape index (κ3) is 2.06. The second-order valence-corrected chi connectivity index (χ2v) is 3.73. The number of halogens is 3. The van der Waals surface area contributed by atoms with Gasteiger partial charge in [-0.3, -0.25) is 0 Å². The maximum absolute atomic E-state index is 13.5. The topological polar surface area (TPSA) is 39.2 Å². The molecule has 0 saturated carbocycles. The molecule has 0 bridgehead atoms. The van der Waals surface area contributed by atoms with Crippen molar-refractivity contribution in [2.75, 3.05) is 0 Å². The van der Waals surface area contributed by atoms with Crippen molar-refractivity contribution < 1.29 is 17.6 Å². The Kier molecular flexibility index (Phi) is 2.93. The first-order chi connectivity index (χ1) is 8.00. The lowest BCUT2D eigenvalue weighted by Gasteiger charge is -2.12. The molecule has 17 heavy (non-hydrogen) atoms. The zero-order valence-electron chi connectivity index (χ0n) is 9.01. The molecule has 5 heteroatoms. The molecular weight excluding hydrogens is 231 g/mol. The van der Waals surface area contributed by atoms with Crippen LogP contribution in [0.2, 0.25) is 0 Å². The smallest absolute Gasteiger partial charge is 0.161 e. The summed E-state index contributed by atoms with van der Waals surface area (Å²) in [6.07, 6.45) is 1.41. The zero-order chi connectivity index (χ0) is 12.6. The van der Waals surface area contributed by atoms with Crippen molar-refractivity contribution >= 4 is 0 Å². The monoisotopic (exact) mass is 241 g/mol. The summed E-state index contributed by atoms with van der Waals surface area (Å²) in [5, 5.41) is 0. The predicted octanol–water partition coefficient (Wildman–Crippen LogP) is 3.05. The van der Waals surface area contributed by atoms with E-state index in [0.717, 1.165) is 11.6 Å². The summed E-state index contributed by atoms with van der Waals surface area (Å²) in [5.74, 6) is -2.95. The van der Waals surface area contributed by atoms with Crippen molar-refractivity contribution in [2.24, 2.45) is 5.73 Å². The van der Waals surface area contributed by atoms with Gasteiger partial charge in [0.2, 0.25) is 0 Å². The van der Waals surface area contributed by atoms with Crippen LogP contribution in [0, 0.1) is 24.4 Å². The molecule has 2 nitrogen and oxygen atoms in total. The molecule has 0 spiro atoms. The number of hydrogen-bond donors (Lipinski definition) is 1. The van der Waals surface area contributed by atoms with E-state index in [0.29, 0.717) is 11.8 Å². The molecular formula is C12H10F3NO. The zero-order valence-corrected chi connectivity index (χ0v) is 9.01. The van der Waals surface area contributed by atoms with Crippen LogP contribution in [0.4, 0.5) is 13.2 Å². The summed E-state index contributed by atoms with van der Waals surface area (Å²) in [6, 6.07) is 1.92. The van der Waals surface area contributed by atoms with Crippen LogP contribution in [0.1, 0.15) is 22.9 Å². The van der Waals surface area contributed by atoms with Gasteiger partial charge in [0.25, 0.3) is 0 Å².